The maximum Gasteiger partial charge on any atom is 0.267 e. The van der Waals surface area contributed by atoms with Crippen molar-refractivity contribution in [3.05, 3.63) is 53.0 Å². The maximum absolute atomic E-state index is 11.0. The van der Waals surface area contributed by atoms with E-state index in [2.05, 4.69) is 39.5 Å². The minimum Gasteiger partial charge on any atom is -0.359 e. The third-order valence-electron chi connectivity index (χ3n) is 4.20. The normalized spacial score (nSPS) is 16.2. The van der Waals surface area contributed by atoms with E-state index in [1.54, 1.807) is 11.6 Å². The monoisotopic (exact) mass is 358 g/mol. The lowest BCUT2D eigenvalue weighted by atomic mass is 10.0. The average molecular weight is 358 g/mol. The Morgan fingerprint density at radius 1 is 1.32 bits per heavy atom. The molecule has 0 bridgehead atoms. The van der Waals surface area contributed by atoms with Crippen LogP contribution in [0.25, 0.3) is 6.08 Å². The Balaban J connectivity index is 1.45. The number of thiazole rings is 1. The van der Waals surface area contributed by atoms with Crippen LogP contribution >= 0.6 is 11.3 Å². The Kier molecular flexibility index (Phi) is 6.16. The molecular formula is C18H22N4O2S. The number of piperidine rings is 1. The van der Waals surface area contributed by atoms with Crippen LogP contribution in [0.1, 0.15) is 24.1 Å². The predicted molar refractivity (Wildman–Crippen MR) is 99.4 cm³/mol. The van der Waals surface area contributed by atoms with Crippen LogP contribution in [0.2, 0.25) is 0 Å². The highest BCUT2D eigenvalue weighted by Crippen LogP contribution is 2.21. The van der Waals surface area contributed by atoms with Gasteiger partial charge in [-0.05, 0) is 24.5 Å². The molecule has 0 unspecified atom stereocenters. The van der Waals surface area contributed by atoms with E-state index >= 15 is 0 Å². The van der Waals surface area contributed by atoms with Crippen molar-refractivity contribution in [2.75, 3.05) is 18.4 Å². The summed E-state index contributed by atoms with van der Waals surface area (Å²) in [7, 11) is 0. The van der Waals surface area contributed by atoms with Gasteiger partial charge in [0.1, 0.15) is 0 Å². The van der Waals surface area contributed by atoms with Gasteiger partial charge in [-0.2, -0.15) is 0 Å². The highest BCUT2D eigenvalue weighted by Gasteiger charge is 2.19. The highest BCUT2D eigenvalue weighted by molar-refractivity contribution is 7.13. The number of nitrogens with zero attached hydrogens (tertiary/aromatic N) is 2. The topological polar surface area (TPSA) is 77.5 Å². The quantitative estimate of drug-likeness (QED) is 0.420. The highest BCUT2D eigenvalue weighted by atomic mass is 32.1. The largest absolute Gasteiger partial charge is 0.359 e. The van der Waals surface area contributed by atoms with E-state index in [0.29, 0.717) is 11.7 Å². The molecule has 25 heavy (non-hydrogen) atoms. The number of amides is 1. The molecule has 2 heterocycles. The summed E-state index contributed by atoms with van der Waals surface area (Å²) in [5.41, 5.74) is 3.62. The number of likely N-dealkylation sites (tertiary alicyclic amines) is 1. The van der Waals surface area contributed by atoms with Crippen molar-refractivity contribution in [1.82, 2.24) is 15.4 Å². The van der Waals surface area contributed by atoms with Crippen molar-refractivity contribution in [1.29, 1.82) is 0 Å². The summed E-state index contributed by atoms with van der Waals surface area (Å²) in [6, 6.07) is 11.0. The Hall–Kier alpha value is -2.22. The van der Waals surface area contributed by atoms with E-state index in [9.17, 15) is 4.79 Å². The van der Waals surface area contributed by atoms with Crippen LogP contribution in [0.4, 0.5) is 5.13 Å². The molecule has 1 aliphatic rings. The van der Waals surface area contributed by atoms with Gasteiger partial charge in [0.15, 0.2) is 5.13 Å². The maximum atomic E-state index is 11.0. The smallest absolute Gasteiger partial charge is 0.267 e. The third kappa shape index (κ3) is 5.38. The first-order valence-corrected chi connectivity index (χ1v) is 9.21. The summed E-state index contributed by atoms with van der Waals surface area (Å²) in [6.45, 7) is 3.15. The first kappa shape index (κ1) is 17.6. The van der Waals surface area contributed by atoms with E-state index in [1.807, 2.05) is 11.4 Å². The zero-order valence-electron chi connectivity index (χ0n) is 13.9. The zero-order chi connectivity index (χ0) is 17.5. The van der Waals surface area contributed by atoms with Gasteiger partial charge in [0.05, 0.1) is 5.69 Å². The van der Waals surface area contributed by atoms with Gasteiger partial charge in [-0.1, -0.05) is 30.3 Å². The molecule has 0 saturated carbocycles. The molecular weight excluding hydrogens is 336 g/mol. The second-order valence-electron chi connectivity index (χ2n) is 6.07. The molecule has 1 aromatic carbocycles. The van der Waals surface area contributed by atoms with Gasteiger partial charge in [0.25, 0.3) is 5.91 Å². The lowest BCUT2D eigenvalue weighted by Crippen LogP contribution is -2.38. The summed E-state index contributed by atoms with van der Waals surface area (Å²) in [5.74, 6) is -0.562. The molecule has 0 aliphatic carbocycles. The first-order chi connectivity index (χ1) is 12.2. The second-order valence-corrected chi connectivity index (χ2v) is 6.93. The van der Waals surface area contributed by atoms with Crippen LogP contribution in [-0.2, 0) is 11.3 Å². The standard InChI is InChI=1S/C18H22N4O2S/c23-17(21-24)7-6-16-13-25-18(20-16)19-15-8-10-22(11-9-15)12-14-4-2-1-3-5-14/h1-7,13,15,24H,8-12H2,(H,19,20)(H,21,23). The number of rotatable bonds is 6. The van der Waals surface area contributed by atoms with Gasteiger partial charge in [-0.25, -0.2) is 10.5 Å². The summed E-state index contributed by atoms with van der Waals surface area (Å²) in [6.07, 6.45) is 5.01. The van der Waals surface area contributed by atoms with E-state index in [-0.39, 0.29) is 0 Å². The molecule has 1 fully saturated rings. The number of carbonyl (C=O) groups excluding carboxylic acids is 1. The van der Waals surface area contributed by atoms with Crippen LogP contribution in [0, 0.1) is 0 Å². The van der Waals surface area contributed by atoms with Crippen molar-refractivity contribution in [2.45, 2.75) is 25.4 Å². The molecule has 1 aliphatic heterocycles. The minimum atomic E-state index is -0.562. The van der Waals surface area contributed by atoms with Crippen LogP contribution < -0.4 is 10.8 Å². The number of hydrogen-bond acceptors (Lipinski definition) is 6. The lowest BCUT2D eigenvalue weighted by Gasteiger charge is -2.32. The summed E-state index contributed by atoms with van der Waals surface area (Å²) >= 11 is 1.52. The molecule has 3 N–H and O–H groups in total. The predicted octanol–water partition coefficient (Wildman–Crippen LogP) is 2.74. The SMILES string of the molecule is O=C(C=Cc1csc(NC2CCN(Cc3ccccc3)CC2)n1)NO. The minimum absolute atomic E-state index is 0.427. The summed E-state index contributed by atoms with van der Waals surface area (Å²) in [4.78, 5) is 17.9. The average Bonchev–Trinajstić information content (AvgIpc) is 3.09. The Bertz CT molecular complexity index is 709. The van der Waals surface area contributed by atoms with Gasteiger partial charge in [-0.3, -0.25) is 14.9 Å². The molecule has 1 aromatic heterocycles. The molecule has 1 amide bonds. The van der Waals surface area contributed by atoms with E-state index in [1.165, 1.54) is 23.0 Å². The molecule has 132 valence electrons. The molecule has 2 aromatic rings. The molecule has 1 saturated heterocycles. The Morgan fingerprint density at radius 2 is 2.08 bits per heavy atom. The fourth-order valence-electron chi connectivity index (χ4n) is 2.88. The van der Waals surface area contributed by atoms with Crippen molar-refractivity contribution in [3.63, 3.8) is 0 Å². The fourth-order valence-corrected chi connectivity index (χ4v) is 3.64. The molecule has 6 nitrogen and oxygen atoms in total. The third-order valence-corrected chi connectivity index (χ3v) is 4.99. The summed E-state index contributed by atoms with van der Waals surface area (Å²) in [5, 5.41) is 14.7. The number of benzene rings is 1. The van der Waals surface area contributed by atoms with Gasteiger partial charge in [0.2, 0.25) is 0 Å². The number of carbonyl (C=O) groups is 1. The first-order valence-electron chi connectivity index (χ1n) is 8.33. The number of hydroxylamine groups is 1. The number of hydrogen-bond donors (Lipinski definition) is 3. The Labute approximate surface area is 151 Å². The fraction of sp³-hybridized carbons (Fsp3) is 0.333. The van der Waals surface area contributed by atoms with Crippen LogP contribution in [0.3, 0.4) is 0 Å². The van der Waals surface area contributed by atoms with Crippen LogP contribution in [0.5, 0.6) is 0 Å². The van der Waals surface area contributed by atoms with E-state index in [0.717, 1.165) is 37.6 Å². The molecule has 7 heteroatoms. The number of nitrogens with one attached hydrogen (secondary N) is 2. The van der Waals surface area contributed by atoms with E-state index < -0.39 is 5.91 Å². The van der Waals surface area contributed by atoms with Gasteiger partial charge < -0.3 is 5.32 Å². The number of aromatic nitrogens is 1. The van der Waals surface area contributed by atoms with Crippen LogP contribution in [0.15, 0.2) is 41.8 Å². The number of anilines is 1. The zero-order valence-corrected chi connectivity index (χ0v) is 14.7. The molecule has 0 radical (unpaired) electrons. The van der Waals surface area contributed by atoms with Crippen molar-refractivity contribution < 1.29 is 10.0 Å². The Morgan fingerprint density at radius 3 is 2.80 bits per heavy atom. The van der Waals surface area contributed by atoms with E-state index in [4.69, 9.17) is 5.21 Å². The summed E-state index contributed by atoms with van der Waals surface area (Å²) < 4.78 is 0. The van der Waals surface area contributed by atoms with Crippen molar-refractivity contribution in [2.24, 2.45) is 0 Å². The van der Waals surface area contributed by atoms with Crippen molar-refractivity contribution >= 4 is 28.5 Å². The molecule has 0 spiro atoms. The molecule has 3 rings (SSSR count). The van der Waals surface area contributed by atoms with Crippen LogP contribution in [-0.4, -0.2) is 40.1 Å². The van der Waals surface area contributed by atoms with Gasteiger partial charge in [0, 0.05) is 37.1 Å². The molecule has 0 atom stereocenters. The van der Waals surface area contributed by atoms with Crippen molar-refractivity contribution in [3.8, 4) is 0 Å². The van der Waals surface area contributed by atoms with Gasteiger partial charge in [-0.15, -0.1) is 11.3 Å². The van der Waals surface area contributed by atoms with Gasteiger partial charge >= 0.3 is 0 Å². The second kappa shape index (κ2) is 8.75. The lowest BCUT2D eigenvalue weighted by molar-refractivity contribution is -0.124.